The Labute approximate surface area is 110 Å². The van der Waals surface area contributed by atoms with Gasteiger partial charge in [-0.25, -0.2) is 0 Å². The monoisotopic (exact) mass is 254 g/mol. The zero-order valence-corrected chi connectivity index (χ0v) is 11.4. The zero-order chi connectivity index (χ0) is 13.0. The molecule has 2 N–H and O–H groups in total. The minimum atomic E-state index is -0.190. The highest BCUT2D eigenvalue weighted by Crippen LogP contribution is 2.29. The quantitative estimate of drug-likeness (QED) is 0.828. The number of nitrogens with two attached hydrogens (primary N) is 1. The molecule has 2 rings (SSSR count). The largest absolute Gasteiger partial charge is 0.368 e. The Morgan fingerprint density at radius 3 is 2.67 bits per heavy atom. The van der Waals surface area contributed by atoms with Crippen molar-refractivity contribution in [3.63, 3.8) is 0 Å². The van der Waals surface area contributed by atoms with E-state index in [-0.39, 0.29) is 12.0 Å². The van der Waals surface area contributed by atoms with Crippen molar-refractivity contribution in [1.29, 1.82) is 0 Å². The maximum Gasteiger partial charge on any atom is 0.251 e. The Hall–Kier alpha value is -0.610. The predicted octanol–water partition coefficient (Wildman–Crippen LogP) is 1.53. The van der Waals surface area contributed by atoms with Gasteiger partial charge in [0.2, 0.25) is 0 Å². The minimum Gasteiger partial charge on any atom is -0.368 e. The Kier molecular flexibility index (Phi) is 5.01. The zero-order valence-electron chi connectivity index (χ0n) is 11.4. The third-order valence-electron chi connectivity index (χ3n) is 4.40. The number of likely N-dealkylation sites (N-methyl/N-ethyl adjacent to an activating group) is 1. The van der Waals surface area contributed by atoms with E-state index in [1.165, 1.54) is 12.8 Å². The molecule has 4 nitrogen and oxygen atoms in total. The van der Waals surface area contributed by atoms with Crippen LogP contribution < -0.4 is 5.73 Å². The van der Waals surface area contributed by atoms with Gasteiger partial charge in [0.25, 0.3) is 5.91 Å². The Morgan fingerprint density at radius 1 is 1.28 bits per heavy atom. The Bertz CT molecular complexity index is 277. The lowest BCUT2D eigenvalue weighted by atomic mass is 9.83. The molecular weight excluding hydrogens is 228 g/mol. The van der Waals surface area contributed by atoms with E-state index in [9.17, 15) is 4.79 Å². The van der Waals surface area contributed by atoms with E-state index in [1.54, 1.807) is 0 Å². The molecule has 0 radical (unpaired) electrons. The van der Waals surface area contributed by atoms with Crippen LogP contribution in [-0.4, -0.2) is 42.6 Å². The lowest BCUT2D eigenvalue weighted by Gasteiger charge is -2.40. The second-order valence-corrected chi connectivity index (χ2v) is 5.47. The molecule has 3 unspecified atom stereocenters. The average Bonchev–Trinajstić information content (AvgIpc) is 2.94. The number of rotatable bonds is 4. The van der Waals surface area contributed by atoms with Crippen molar-refractivity contribution in [2.75, 3.05) is 19.7 Å². The first-order valence-corrected chi connectivity index (χ1v) is 7.40. The molecular formula is C14H26N2O2. The summed E-state index contributed by atoms with van der Waals surface area (Å²) in [5, 5.41) is 0. The third-order valence-corrected chi connectivity index (χ3v) is 4.40. The van der Waals surface area contributed by atoms with E-state index in [2.05, 4.69) is 6.92 Å². The standard InChI is InChI=1S/C14H26N2O2/c1-2-16(14(17)13-8-5-9-18-13)12-7-4-3-6-11(12)10-15/h11-13H,2-10,15H2,1H3. The second-order valence-electron chi connectivity index (χ2n) is 5.47. The van der Waals surface area contributed by atoms with Crippen molar-refractivity contribution in [1.82, 2.24) is 4.90 Å². The highest BCUT2D eigenvalue weighted by Gasteiger charge is 2.35. The molecule has 3 atom stereocenters. The van der Waals surface area contributed by atoms with Gasteiger partial charge in [0.15, 0.2) is 0 Å². The third kappa shape index (κ3) is 2.86. The first kappa shape index (κ1) is 13.8. The molecule has 1 saturated carbocycles. The Balaban J connectivity index is 2.03. The van der Waals surface area contributed by atoms with Gasteiger partial charge in [0.1, 0.15) is 6.10 Å². The maximum atomic E-state index is 12.5. The van der Waals surface area contributed by atoms with Crippen molar-refractivity contribution in [3.8, 4) is 0 Å². The highest BCUT2D eigenvalue weighted by molar-refractivity contribution is 5.81. The van der Waals surface area contributed by atoms with Crippen molar-refractivity contribution in [2.45, 2.75) is 57.6 Å². The summed E-state index contributed by atoms with van der Waals surface area (Å²) in [4.78, 5) is 14.5. The summed E-state index contributed by atoms with van der Waals surface area (Å²) in [7, 11) is 0. The lowest BCUT2D eigenvalue weighted by molar-refractivity contribution is -0.145. The van der Waals surface area contributed by atoms with Gasteiger partial charge in [-0.2, -0.15) is 0 Å². The normalized spacial score (nSPS) is 32.4. The van der Waals surface area contributed by atoms with Gasteiger partial charge in [0.05, 0.1) is 0 Å². The van der Waals surface area contributed by atoms with Crippen LogP contribution in [-0.2, 0) is 9.53 Å². The molecule has 0 aromatic rings. The molecule has 1 aliphatic heterocycles. The summed E-state index contributed by atoms with van der Waals surface area (Å²) in [5.41, 5.74) is 5.87. The summed E-state index contributed by atoms with van der Waals surface area (Å²) >= 11 is 0. The van der Waals surface area contributed by atoms with Gasteiger partial charge >= 0.3 is 0 Å². The number of ether oxygens (including phenoxy) is 1. The molecule has 1 amide bonds. The summed E-state index contributed by atoms with van der Waals surface area (Å²) in [6.45, 7) is 4.27. The fourth-order valence-corrected chi connectivity index (χ4v) is 3.38. The van der Waals surface area contributed by atoms with Crippen LogP contribution in [0.2, 0.25) is 0 Å². The van der Waals surface area contributed by atoms with Crippen LogP contribution in [0, 0.1) is 5.92 Å². The molecule has 1 heterocycles. The minimum absolute atomic E-state index is 0.190. The van der Waals surface area contributed by atoms with E-state index in [0.29, 0.717) is 18.5 Å². The molecule has 18 heavy (non-hydrogen) atoms. The fourth-order valence-electron chi connectivity index (χ4n) is 3.38. The van der Waals surface area contributed by atoms with Crippen LogP contribution in [0.15, 0.2) is 0 Å². The topological polar surface area (TPSA) is 55.6 Å². The van der Waals surface area contributed by atoms with Crippen molar-refractivity contribution in [3.05, 3.63) is 0 Å². The molecule has 4 heteroatoms. The number of carbonyl (C=O) groups excluding carboxylic acids is 1. The number of amides is 1. The summed E-state index contributed by atoms with van der Waals surface area (Å²) in [6.07, 6.45) is 6.45. The van der Waals surface area contributed by atoms with Crippen LogP contribution in [0.1, 0.15) is 45.4 Å². The number of hydrogen-bond donors (Lipinski definition) is 1. The van der Waals surface area contributed by atoms with Crippen molar-refractivity contribution < 1.29 is 9.53 Å². The number of carbonyl (C=O) groups is 1. The number of hydrogen-bond acceptors (Lipinski definition) is 3. The van der Waals surface area contributed by atoms with E-state index in [4.69, 9.17) is 10.5 Å². The van der Waals surface area contributed by atoms with Crippen LogP contribution >= 0.6 is 0 Å². The van der Waals surface area contributed by atoms with Gasteiger partial charge < -0.3 is 15.4 Å². The van der Waals surface area contributed by atoms with Crippen LogP contribution in [0.3, 0.4) is 0 Å². The molecule has 2 aliphatic rings. The smallest absolute Gasteiger partial charge is 0.251 e. The van der Waals surface area contributed by atoms with Crippen molar-refractivity contribution >= 4 is 5.91 Å². The molecule has 0 aromatic carbocycles. The fraction of sp³-hybridized carbons (Fsp3) is 0.929. The number of nitrogens with zero attached hydrogens (tertiary/aromatic N) is 1. The molecule has 104 valence electrons. The second kappa shape index (κ2) is 6.53. The lowest BCUT2D eigenvalue weighted by Crippen LogP contribution is -2.51. The average molecular weight is 254 g/mol. The molecule has 0 bridgehead atoms. The first-order chi connectivity index (χ1) is 8.77. The SMILES string of the molecule is CCN(C(=O)C1CCCO1)C1CCCCC1CN. The Morgan fingerprint density at radius 2 is 2.06 bits per heavy atom. The van der Waals surface area contributed by atoms with Gasteiger partial charge in [-0.1, -0.05) is 12.8 Å². The van der Waals surface area contributed by atoms with Crippen LogP contribution in [0.25, 0.3) is 0 Å². The van der Waals surface area contributed by atoms with Gasteiger partial charge in [-0.05, 0) is 45.1 Å². The summed E-state index contributed by atoms with van der Waals surface area (Å²) in [6, 6.07) is 0.338. The van der Waals surface area contributed by atoms with Crippen LogP contribution in [0.5, 0.6) is 0 Å². The van der Waals surface area contributed by atoms with E-state index < -0.39 is 0 Å². The van der Waals surface area contributed by atoms with Gasteiger partial charge in [-0.3, -0.25) is 4.79 Å². The molecule has 2 fully saturated rings. The molecule has 1 aliphatic carbocycles. The molecule has 0 aromatic heterocycles. The highest BCUT2D eigenvalue weighted by atomic mass is 16.5. The summed E-state index contributed by atoms with van der Waals surface area (Å²) in [5.74, 6) is 0.671. The molecule has 1 saturated heterocycles. The van der Waals surface area contributed by atoms with E-state index in [0.717, 1.165) is 38.8 Å². The van der Waals surface area contributed by atoms with Crippen LogP contribution in [0.4, 0.5) is 0 Å². The van der Waals surface area contributed by atoms with Crippen molar-refractivity contribution in [2.24, 2.45) is 11.7 Å². The predicted molar refractivity (Wildman–Crippen MR) is 71.2 cm³/mol. The van der Waals surface area contributed by atoms with E-state index in [1.807, 2.05) is 4.90 Å². The van der Waals surface area contributed by atoms with Gasteiger partial charge in [-0.15, -0.1) is 0 Å². The molecule has 0 spiro atoms. The maximum absolute atomic E-state index is 12.5. The summed E-state index contributed by atoms with van der Waals surface area (Å²) < 4.78 is 5.53. The van der Waals surface area contributed by atoms with Gasteiger partial charge in [0, 0.05) is 19.2 Å². The first-order valence-electron chi connectivity index (χ1n) is 7.40. The van der Waals surface area contributed by atoms with E-state index >= 15 is 0 Å².